The number of hydrogen-bond acceptors (Lipinski definition) is 3. The molecule has 0 aromatic carbocycles. The summed E-state index contributed by atoms with van der Waals surface area (Å²) < 4.78 is 6.05. The lowest BCUT2D eigenvalue weighted by molar-refractivity contribution is -0.145. The normalized spacial score (nSPS) is 25.5. The molecule has 5 nitrogen and oxygen atoms in total. The van der Waals surface area contributed by atoms with Gasteiger partial charge in [0.15, 0.2) is 5.96 Å². The molecule has 2 aliphatic carbocycles. The minimum Gasteiger partial charge on any atom is -0.378 e. The van der Waals surface area contributed by atoms with Crippen molar-refractivity contribution in [1.29, 1.82) is 0 Å². The second-order valence-corrected chi connectivity index (χ2v) is 7.36. The van der Waals surface area contributed by atoms with E-state index in [1.165, 1.54) is 37.7 Å². The molecule has 2 fully saturated rings. The van der Waals surface area contributed by atoms with Gasteiger partial charge in [-0.3, -0.25) is 9.98 Å². The lowest BCUT2D eigenvalue weighted by atomic mass is 9.55. The van der Waals surface area contributed by atoms with Gasteiger partial charge in [-0.25, -0.2) is 0 Å². The van der Waals surface area contributed by atoms with Crippen LogP contribution in [-0.4, -0.2) is 36.7 Å². The molecular weight excluding hydrogens is 312 g/mol. The van der Waals surface area contributed by atoms with Crippen molar-refractivity contribution in [2.45, 2.75) is 71.1 Å². The van der Waals surface area contributed by atoms with Gasteiger partial charge < -0.3 is 15.4 Å². The number of hydrogen-bond donors (Lipinski definition) is 2. The summed E-state index contributed by atoms with van der Waals surface area (Å²) >= 11 is 0. The van der Waals surface area contributed by atoms with Crippen LogP contribution in [0.15, 0.2) is 23.3 Å². The Morgan fingerprint density at radius 3 is 2.84 bits per heavy atom. The van der Waals surface area contributed by atoms with Gasteiger partial charge in [0, 0.05) is 31.3 Å². The molecule has 25 heavy (non-hydrogen) atoms. The Morgan fingerprint density at radius 1 is 1.36 bits per heavy atom. The Balaban J connectivity index is 1.60. The molecular formula is C20H32N4O. The molecule has 1 heterocycles. The highest BCUT2D eigenvalue weighted by Crippen LogP contribution is 2.53. The first-order chi connectivity index (χ1) is 12.2. The van der Waals surface area contributed by atoms with Crippen LogP contribution >= 0.6 is 0 Å². The molecule has 2 saturated carbocycles. The number of nitrogens with one attached hydrogen (secondary N) is 2. The molecule has 1 aromatic rings. The van der Waals surface area contributed by atoms with Crippen LogP contribution in [0.5, 0.6) is 0 Å². The Bertz CT molecular complexity index is 595. The van der Waals surface area contributed by atoms with Crippen molar-refractivity contribution in [1.82, 2.24) is 15.6 Å². The highest BCUT2D eigenvalue weighted by molar-refractivity contribution is 5.80. The summed E-state index contributed by atoms with van der Waals surface area (Å²) in [5.41, 5.74) is 2.57. The predicted molar refractivity (Wildman–Crippen MR) is 102 cm³/mol. The molecule has 3 rings (SSSR count). The quantitative estimate of drug-likeness (QED) is 0.636. The van der Waals surface area contributed by atoms with Crippen LogP contribution in [0.25, 0.3) is 0 Å². The van der Waals surface area contributed by atoms with Crippen LogP contribution < -0.4 is 10.6 Å². The van der Waals surface area contributed by atoms with Gasteiger partial charge in [0.05, 0.1) is 18.3 Å². The predicted octanol–water partition coefficient (Wildman–Crippen LogP) is 3.18. The van der Waals surface area contributed by atoms with Gasteiger partial charge in [0.25, 0.3) is 0 Å². The fourth-order valence-corrected chi connectivity index (χ4v) is 4.50. The molecule has 5 heteroatoms. The Labute approximate surface area is 151 Å². The van der Waals surface area contributed by atoms with Crippen LogP contribution in [0.1, 0.15) is 56.7 Å². The maximum atomic E-state index is 6.05. The van der Waals surface area contributed by atoms with E-state index in [1.54, 1.807) is 0 Å². The van der Waals surface area contributed by atoms with Crippen molar-refractivity contribution in [2.24, 2.45) is 10.4 Å². The smallest absolute Gasteiger partial charge is 0.191 e. The van der Waals surface area contributed by atoms with Gasteiger partial charge in [0.1, 0.15) is 0 Å². The van der Waals surface area contributed by atoms with E-state index in [1.807, 2.05) is 19.3 Å². The van der Waals surface area contributed by atoms with Gasteiger partial charge in [0.2, 0.25) is 0 Å². The molecule has 138 valence electrons. The Hall–Kier alpha value is -1.62. The Morgan fingerprint density at radius 2 is 2.16 bits per heavy atom. The van der Waals surface area contributed by atoms with Gasteiger partial charge in [-0.05, 0) is 44.7 Å². The molecule has 2 N–H and O–H groups in total. The average Bonchev–Trinajstić information content (AvgIpc) is 2.65. The number of ether oxygens (including phenoxy) is 1. The monoisotopic (exact) mass is 344 g/mol. The highest BCUT2D eigenvalue weighted by atomic mass is 16.5. The summed E-state index contributed by atoms with van der Waals surface area (Å²) in [6, 6.07) is 4.52. The minimum atomic E-state index is 0.298. The molecule has 2 aliphatic rings. The van der Waals surface area contributed by atoms with Crippen LogP contribution in [0.4, 0.5) is 0 Å². The first-order valence-electron chi connectivity index (χ1n) is 9.69. The third kappa shape index (κ3) is 3.81. The zero-order valence-corrected chi connectivity index (χ0v) is 15.8. The third-order valence-corrected chi connectivity index (χ3v) is 6.01. The van der Waals surface area contributed by atoms with E-state index < -0.39 is 0 Å². The molecule has 0 bridgehead atoms. The van der Waals surface area contributed by atoms with E-state index in [9.17, 15) is 0 Å². The van der Waals surface area contributed by atoms with Gasteiger partial charge in [-0.1, -0.05) is 25.3 Å². The molecule has 2 atom stereocenters. The van der Waals surface area contributed by atoms with E-state index in [-0.39, 0.29) is 0 Å². The molecule has 0 aliphatic heterocycles. The first kappa shape index (κ1) is 18.2. The van der Waals surface area contributed by atoms with Crippen molar-refractivity contribution in [2.75, 3.05) is 13.7 Å². The lowest BCUT2D eigenvalue weighted by Gasteiger charge is -2.57. The van der Waals surface area contributed by atoms with E-state index in [2.05, 4.69) is 40.5 Å². The highest BCUT2D eigenvalue weighted by Gasteiger charge is 2.55. The van der Waals surface area contributed by atoms with Crippen molar-refractivity contribution in [3.63, 3.8) is 0 Å². The summed E-state index contributed by atoms with van der Waals surface area (Å²) in [7, 11) is 1.84. The summed E-state index contributed by atoms with van der Waals surface area (Å²) in [4.78, 5) is 8.88. The van der Waals surface area contributed by atoms with Crippen LogP contribution in [0, 0.1) is 12.3 Å². The van der Waals surface area contributed by atoms with Crippen LogP contribution in [0.3, 0.4) is 0 Å². The standard InChI is InChI=1S/C20H32N4O/c1-4-25-18-13-17(20(18)10-6-5-7-11-20)24-19(21-3)23-14-16-15(2)9-8-12-22-16/h8-9,12,17-18H,4-7,10-11,13-14H2,1-3H3,(H2,21,23,24). The Kier molecular flexibility index (Phi) is 5.94. The zero-order chi connectivity index (χ0) is 17.7. The number of rotatable bonds is 5. The van der Waals surface area contributed by atoms with Crippen molar-refractivity contribution >= 4 is 5.96 Å². The van der Waals surface area contributed by atoms with E-state index in [0.717, 1.165) is 24.7 Å². The molecule has 0 saturated heterocycles. The fourth-order valence-electron chi connectivity index (χ4n) is 4.50. The second-order valence-electron chi connectivity index (χ2n) is 7.36. The number of pyridine rings is 1. The molecule has 1 aromatic heterocycles. The maximum Gasteiger partial charge on any atom is 0.191 e. The minimum absolute atomic E-state index is 0.298. The summed E-state index contributed by atoms with van der Waals surface area (Å²) in [5, 5.41) is 7.10. The van der Waals surface area contributed by atoms with E-state index >= 15 is 0 Å². The lowest BCUT2D eigenvalue weighted by Crippen LogP contribution is -2.66. The SMILES string of the molecule is CCOC1CC(NC(=NC)NCc2ncccc2C)C12CCCCC2. The number of guanidine groups is 1. The van der Waals surface area contributed by atoms with Crippen molar-refractivity contribution in [3.05, 3.63) is 29.6 Å². The largest absolute Gasteiger partial charge is 0.378 e. The number of aliphatic imine (C=N–C) groups is 1. The first-order valence-corrected chi connectivity index (χ1v) is 9.69. The summed E-state index contributed by atoms with van der Waals surface area (Å²) in [6.07, 6.45) is 9.87. The van der Waals surface area contributed by atoms with E-state index in [4.69, 9.17) is 4.74 Å². The zero-order valence-electron chi connectivity index (χ0n) is 15.8. The molecule has 0 amide bonds. The second kappa shape index (κ2) is 8.17. The van der Waals surface area contributed by atoms with Crippen LogP contribution in [0.2, 0.25) is 0 Å². The topological polar surface area (TPSA) is 58.5 Å². The number of aromatic nitrogens is 1. The number of aryl methyl sites for hydroxylation is 1. The number of nitrogens with zero attached hydrogens (tertiary/aromatic N) is 2. The van der Waals surface area contributed by atoms with Crippen LogP contribution in [-0.2, 0) is 11.3 Å². The van der Waals surface area contributed by atoms with Gasteiger partial charge in [-0.2, -0.15) is 0 Å². The molecule has 2 unspecified atom stereocenters. The molecule has 0 radical (unpaired) electrons. The maximum absolute atomic E-state index is 6.05. The third-order valence-electron chi connectivity index (χ3n) is 6.01. The van der Waals surface area contributed by atoms with Crippen molar-refractivity contribution in [3.8, 4) is 0 Å². The summed E-state index contributed by atoms with van der Waals surface area (Å²) in [5.74, 6) is 0.870. The van der Waals surface area contributed by atoms with Gasteiger partial charge in [-0.15, -0.1) is 0 Å². The average molecular weight is 345 g/mol. The fraction of sp³-hybridized carbons (Fsp3) is 0.700. The van der Waals surface area contributed by atoms with Gasteiger partial charge >= 0.3 is 0 Å². The molecule has 1 spiro atoms. The van der Waals surface area contributed by atoms with E-state index in [0.29, 0.717) is 24.1 Å². The van der Waals surface area contributed by atoms with Crippen molar-refractivity contribution < 1.29 is 4.74 Å². The summed E-state index contributed by atoms with van der Waals surface area (Å²) in [6.45, 7) is 5.70.